The van der Waals surface area contributed by atoms with E-state index in [-0.39, 0.29) is 24.3 Å². The van der Waals surface area contributed by atoms with E-state index in [0.29, 0.717) is 29.4 Å². The van der Waals surface area contributed by atoms with Crippen LogP contribution in [0, 0.1) is 0 Å². The van der Waals surface area contributed by atoms with Crippen LogP contribution in [0.3, 0.4) is 0 Å². The lowest BCUT2D eigenvalue weighted by atomic mass is 9.89. The number of benzene rings is 6. The first-order chi connectivity index (χ1) is 25.4. The SMILES string of the molecule is COc1ccccc1[C@@H](CC(=O)c1ccc(Cl)cc1)N[P+]1([O-])N(Cc2cccc3ccccc23)[C@@H]2CCCC[C@H]2N1Cc1cccc2ccccc12. The van der Waals surface area contributed by atoms with Gasteiger partial charge in [0.25, 0.3) is 0 Å². The maximum absolute atomic E-state index is 16.6. The largest absolute Gasteiger partial charge is 0.636 e. The van der Waals surface area contributed by atoms with E-state index in [9.17, 15) is 4.79 Å². The minimum absolute atomic E-state index is 0.0653. The molecule has 2 fully saturated rings. The lowest BCUT2D eigenvalue weighted by Gasteiger charge is -2.42. The Morgan fingerprint density at radius 2 is 1.27 bits per heavy atom. The van der Waals surface area contributed by atoms with Crippen molar-refractivity contribution in [3.05, 3.63) is 161 Å². The van der Waals surface area contributed by atoms with E-state index in [1.54, 1.807) is 31.4 Å². The average Bonchev–Trinajstić information content (AvgIpc) is 3.40. The van der Waals surface area contributed by atoms with Crippen molar-refractivity contribution in [2.24, 2.45) is 0 Å². The Morgan fingerprint density at radius 3 is 1.85 bits per heavy atom. The molecule has 0 amide bonds. The topological polar surface area (TPSA) is 67.9 Å². The number of ether oxygens (including phenoxy) is 1. The molecular weight excluding hydrogens is 685 g/mol. The molecule has 6 aromatic rings. The summed E-state index contributed by atoms with van der Waals surface area (Å²) < 4.78 is 10.4. The zero-order chi connectivity index (χ0) is 35.7. The van der Waals surface area contributed by atoms with Crippen LogP contribution in [0.5, 0.6) is 5.75 Å². The van der Waals surface area contributed by atoms with Gasteiger partial charge >= 0.3 is 0 Å². The van der Waals surface area contributed by atoms with Gasteiger partial charge in [0.15, 0.2) is 13.7 Å². The summed E-state index contributed by atoms with van der Waals surface area (Å²) in [5.74, 6) is 0.581. The van der Waals surface area contributed by atoms with E-state index in [2.05, 4.69) is 99.4 Å². The number of methoxy groups -OCH3 is 1. The number of nitrogens with zero attached hydrogens (tertiary/aromatic N) is 2. The van der Waals surface area contributed by atoms with Crippen molar-refractivity contribution < 1.29 is 14.4 Å². The second-order valence-corrected chi connectivity index (χ2v) is 16.8. The van der Waals surface area contributed by atoms with Crippen molar-refractivity contribution in [1.82, 2.24) is 14.4 Å². The molecule has 8 rings (SSSR count). The Balaban J connectivity index is 1.27. The van der Waals surface area contributed by atoms with Gasteiger partial charge < -0.3 is 9.63 Å². The van der Waals surface area contributed by atoms with Gasteiger partial charge in [-0.2, -0.15) is 5.09 Å². The van der Waals surface area contributed by atoms with Crippen LogP contribution in [0.2, 0.25) is 5.02 Å². The highest BCUT2D eigenvalue weighted by atomic mass is 35.5. The second-order valence-electron chi connectivity index (χ2n) is 14.0. The van der Waals surface area contributed by atoms with E-state index in [1.807, 2.05) is 24.3 Å². The molecule has 1 saturated carbocycles. The lowest BCUT2D eigenvalue weighted by molar-refractivity contribution is -0.196. The third-order valence-electron chi connectivity index (χ3n) is 11.0. The van der Waals surface area contributed by atoms with Gasteiger partial charge in [0.2, 0.25) is 0 Å². The van der Waals surface area contributed by atoms with Crippen LogP contribution < -0.4 is 14.7 Å². The van der Waals surface area contributed by atoms with Gasteiger partial charge in [-0.3, -0.25) is 4.79 Å². The number of hydrogen-bond donors (Lipinski definition) is 1. The second kappa shape index (κ2) is 15.1. The van der Waals surface area contributed by atoms with Crippen molar-refractivity contribution >= 4 is 46.9 Å². The molecular formula is C44H43ClN3O3P. The van der Waals surface area contributed by atoms with Gasteiger partial charge in [0, 0.05) is 22.6 Å². The van der Waals surface area contributed by atoms with Crippen molar-refractivity contribution in [2.75, 3.05) is 7.11 Å². The van der Waals surface area contributed by atoms with Crippen LogP contribution >= 0.6 is 19.5 Å². The number of carbonyl (C=O) groups excluding carboxylic acids is 1. The molecule has 0 spiro atoms. The molecule has 0 unspecified atom stereocenters. The maximum Gasteiger partial charge on any atom is 0.184 e. The Labute approximate surface area is 311 Å². The molecule has 8 heteroatoms. The molecule has 0 aromatic heterocycles. The fourth-order valence-corrected chi connectivity index (χ4v) is 11.8. The molecule has 1 N–H and O–H groups in total. The molecule has 52 heavy (non-hydrogen) atoms. The smallest absolute Gasteiger partial charge is 0.184 e. The molecule has 1 saturated heterocycles. The predicted octanol–water partition coefficient (Wildman–Crippen LogP) is 9.93. The number of para-hydroxylation sites is 1. The normalized spacial score (nSPS) is 19.4. The van der Waals surface area contributed by atoms with Crippen LogP contribution in [0.15, 0.2) is 133 Å². The minimum Gasteiger partial charge on any atom is -0.636 e. The Hall–Kier alpha value is -4.13. The summed E-state index contributed by atoms with van der Waals surface area (Å²) >= 11 is 6.20. The summed E-state index contributed by atoms with van der Waals surface area (Å²) in [5, 5.41) is 8.99. The molecule has 2 aliphatic rings. The Kier molecular flexibility index (Phi) is 10.1. The quantitative estimate of drug-likeness (QED) is 0.106. The standard InChI is InChI=1S/C44H43ClN3O3P/c1-51-44-23-9-6-20-39(44)40(28-43(49)33-24-26-36(45)27-25-33)46-52(50)47(29-34-16-10-14-31-12-2-4-18-37(31)34)41-21-7-8-22-42(41)48(52)30-35-17-11-15-32-13-3-5-19-38(32)35/h2-6,9-20,23-27,40-42H,7-8,21-22,28-30H2,1H3,(H,46,50)/t40-,41-,42-/m1/s1. The minimum atomic E-state index is -3.60. The first-order valence-electron chi connectivity index (χ1n) is 18.2. The van der Waals surface area contributed by atoms with Crippen molar-refractivity contribution in [1.29, 1.82) is 0 Å². The zero-order valence-corrected chi connectivity index (χ0v) is 31.0. The molecule has 264 valence electrons. The number of ketones is 1. The number of fused-ring (bicyclic) bond motifs is 3. The van der Waals surface area contributed by atoms with Crippen LogP contribution in [0.25, 0.3) is 21.5 Å². The molecule has 0 bridgehead atoms. The Bertz CT molecular complexity index is 2100. The highest BCUT2D eigenvalue weighted by molar-refractivity contribution is 7.62. The van der Waals surface area contributed by atoms with Crippen molar-refractivity contribution in [3.63, 3.8) is 0 Å². The van der Waals surface area contributed by atoms with Crippen LogP contribution in [0.1, 0.15) is 65.2 Å². The zero-order valence-electron chi connectivity index (χ0n) is 29.3. The number of rotatable bonds is 11. The van der Waals surface area contributed by atoms with E-state index in [0.717, 1.165) is 63.9 Å². The fourth-order valence-electron chi connectivity index (χ4n) is 8.44. The third kappa shape index (κ3) is 6.76. The number of halogens is 1. The van der Waals surface area contributed by atoms with E-state index < -0.39 is 14.0 Å². The number of carbonyl (C=O) groups is 1. The fraction of sp³-hybridized carbons (Fsp3) is 0.250. The van der Waals surface area contributed by atoms with Gasteiger partial charge in [0.1, 0.15) is 5.75 Å². The summed E-state index contributed by atoms with van der Waals surface area (Å²) in [6, 6.07) is 44.0. The predicted molar refractivity (Wildman–Crippen MR) is 211 cm³/mol. The third-order valence-corrected chi connectivity index (χ3v) is 14.1. The van der Waals surface area contributed by atoms with Gasteiger partial charge in [-0.05, 0) is 75.8 Å². The summed E-state index contributed by atoms with van der Waals surface area (Å²) in [6.45, 7) is 1.03. The summed E-state index contributed by atoms with van der Waals surface area (Å²) in [5.41, 5.74) is 3.64. The first kappa shape index (κ1) is 34.9. The Morgan fingerprint density at radius 1 is 0.750 bits per heavy atom. The van der Waals surface area contributed by atoms with Gasteiger partial charge in [-0.15, -0.1) is 9.34 Å². The highest BCUT2D eigenvalue weighted by Crippen LogP contribution is 2.66. The summed E-state index contributed by atoms with van der Waals surface area (Å²) in [6.07, 6.45) is 4.17. The summed E-state index contributed by atoms with van der Waals surface area (Å²) in [4.78, 5) is 30.7. The maximum atomic E-state index is 16.6. The highest BCUT2D eigenvalue weighted by Gasteiger charge is 2.60. The first-order valence-corrected chi connectivity index (χ1v) is 20.2. The van der Waals surface area contributed by atoms with Gasteiger partial charge in [-0.1, -0.05) is 128 Å². The molecule has 1 aliphatic carbocycles. The van der Waals surface area contributed by atoms with E-state index in [4.69, 9.17) is 16.3 Å². The molecule has 3 atom stereocenters. The monoisotopic (exact) mass is 727 g/mol. The molecule has 0 radical (unpaired) electrons. The molecule has 1 heterocycles. The van der Waals surface area contributed by atoms with Crippen LogP contribution in [-0.4, -0.2) is 34.3 Å². The van der Waals surface area contributed by atoms with Crippen molar-refractivity contribution in [3.8, 4) is 5.75 Å². The van der Waals surface area contributed by atoms with Crippen molar-refractivity contribution in [2.45, 2.75) is 63.3 Å². The molecule has 1 aliphatic heterocycles. The van der Waals surface area contributed by atoms with E-state index in [1.165, 1.54) is 0 Å². The lowest BCUT2D eigenvalue weighted by Crippen LogP contribution is -2.45. The van der Waals surface area contributed by atoms with E-state index >= 15 is 4.89 Å². The number of nitrogens with one attached hydrogen (secondary N) is 1. The molecule has 6 aromatic carbocycles. The molecule has 6 nitrogen and oxygen atoms in total. The number of Topliss-reactive ketones (excluding diaryl/α,β-unsaturated/α-hetero) is 1. The van der Waals surface area contributed by atoms with Crippen LogP contribution in [-0.2, 0) is 13.1 Å². The average molecular weight is 728 g/mol. The van der Waals surface area contributed by atoms with Gasteiger partial charge in [-0.25, -0.2) is 0 Å². The number of hydrogen-bond acceptors (Lipinski definition) is 6. The van der Waals surface area contributed by atoms with Crippen LogP contribution in [0.4, 0.5) is 0 Å². The van der Waals surface area contributed by atoms with Gasteiger partial charge in [0.05, 0.1) is 38.3 Å². The summed E-state index contributed by atoms with van der Waals surface area (Å²) in [7, 11) is -1.96.